The third-order valence-electron chi connectivity index (χ3n) is 7.69. The van der Waals surface area contributed by atoms with Crippen molar-refractivity contribution in [2.24, 2.45) is 0 Å². The molecule has 9 nitrogen and oxygen atoms in total. The minimum atomic E-state index is -0.421. The summed E-state index contributed by atoms with van der Waals surface area (Å²) in [5, 5.41) is 13.8. The zero-order chi connectivity index (χ0) is 26.2. The van der Waals surface area contributed by atoms with Gasteiger partial charge in [-0.25, -0.2) is 9.07 Å². The second-order valence-electron chi connectivity index (χ2n) is 10.4. The van der Waals surface area contributed by atoms with Gasteiger partial charge in [-0.3, -0.25) is 9.69 Å². The Kier molecular flexibility index (Phi) is 6.67. The molecule has 0 amide bonds. The fourth-order valence-corrected chi connectivity index (χ4v) is 5.81. The average molecular weight is 518 g/mol. The Morgan fingerprint density at radius 1 is 1.11 bits per heavy atom. The van der Waals surface area contributed by atoms with Gasteiger partial charge in [0, 0.05) is 44.0 Å². The molecule has 10 heteroatoms. The second kappa shape index (κ2) is 10.3. The molecule has 38 heavy (non-hydrogen) atoms. The lowest BCUT2D eigenvalue weighted by Crippen LogP contribution is -2.49. The highest BCUT2D eigenvalue weighted by Gasteiger charge is 2.33. The van der Waals surface area contributed by atoms with E-state index in [0.29, 0.717) is 31.0 Å². The van der Waals surface area contributed by atoms with E-state index in [9.17, 15) is 9.18 Å². The van der Waals surface area contributed by atoms with Crippen LogP contribution < -0.4 is 10.5 Å². The number of nitrogens with one attached hydrogen (secondary N) is 1. The number of aromatic amines is 1. The summed E-state index contributed by atoms with van der Waals surface area (Å²) in [6, 6.07) is 12.3. The maximum atomic E-state index is 13.6. The number of hydrogen-bond acceptors (Lipinski definition) is 7. The third kappa shape index (κ3) is 4.81. The van der Waals surface area contributed by atoms with Crippen LogP contribution in [0.25, 0.3) is 10.9 Å². The molecule has 2 fully saturated rings. The fourth-order valence-electron chi connectivity index (χ4n) is 5.81. The van der Waals surface area contributed by atoms with E-state index >= 15 is 0 Å². The number of piperazine rings is 1. The lowest BCUT2D eigenvalue weighted by atomic mass is 10.00. The van der Waals surface area contributed by atoms with Gasteiger partial charge in [0.25, 0.3) is 5.56 Å². The molecule has 6 rings (SSSR count). The van der Waals surface area contributed by atoms with Gasteiger partial charge in [0.1, 0.15) is 11.9 Å². The maximum Gasteiger partial charge on any atom is 0.253 e. The van der Waals surface area contributed by atoms with Crippen molar-refractivity contribution in [3.05, 3.63) is 81.2 Å². The molecule has 2 atom stereocenters. The van der Waals surface area contributed by atoms with E-state index in [2.05, 4.69) is 49.4 Å². The molecule has 0 radical (unpaired) electrons. The molecule has 198 valence electrons. The molecule has 2 aromatic carbocycles. The number of ether oxygens (including phenoxy) is 1. The van der Waals surface area contributed by atoms with Gasteiger partial charge >= 0.3 is 0 Å². The van der Waals surface area contributed by atoms with Crippen LogP contribution in [0.4, 0.5) is 10.1 Å². The van der Waals surface area contributed by atoms with E-state index in [1.807, 2.05) is 25.1 Å². The summed E-state index contributed by atoms with van der Waals surface area (Å²) in [5.41, 5.74) is 4.50. The molecule has 0 aliphatic carbocycles. The van der Waals surface area contributed by atoms with Crippen molar-refractivity contribution < 1.29 is 9.13 Å². The average Bonchev–Trinajstić information content (AvgIpc) is 3.59. The quantitative estimate of drug-likeness (QED) is 0.419. The standard InChI is InChI=1S/C28H32FN7O2/c1-18-14-19(2)25-20(15-18)16-24(28(37)30-25)26(27-31-32-33-36(27)17-23-4-3-13-38-23)35-11-9-34(10-12-35)22-7-5-21(29)6-8-22/h5-8,14-16,23,26H,3-4,9-13,17H2,1-2H3,(H,30,37)/t23-,26-/m0/s1. The SMILES string of the molecule is Cc1cc(C)c2[nH]c(=O)c([C@@H](c3nnnn3C[C@@H]3CCCO3)N3CCN(c4ccc(F)cc4)CC3)cc2c1. The summed E-state index contributed by atoms with van der Waals surface area (Å²) in [7, 11) is 0. The summed E-state index contributed by atoms with van der Waals surface area (Å²) in [4.78, 5) is 21.2. The summed E-state index contributed by atoms with van der Waals surface area (Å²) in [6.45, 7) is 8.24. The third-order valence-corrected chi connectivity index (χ3v) is 7.69. The molecule has 0 unspecified atom stereocenters. The Morgan fingerprint density at radius 2 is 1.89 bits per heavy atom. The van der Waals surface area contributed by atoms with Crippen molar-refractivity contribution in [3.63, 3.8) is 0 Å². The largest absolute Gasteiger partial charge is 0.376 e. The molecule has 4 heterocycles. The Morgan fingerprint density at radius 3 is 2.63 bits per heavy atom. The molecule has 0 spiro atoms. The Bertz CT molecular complexity index is 1490. The van der Waals surface area contributed by atoms with Crippen molar-refractivity contribution in [3.8, 4) is 0 Å². The second-order valence-corrected chi connectivity index (χ2v) is 10.4. The number of hydrogen-bond donors (Lipinski definition) is 1. The van der Waals surface area contributed by atoms with Gasteiger partial charge in [0.15, 0.2) is 5.82 Å². The lowest BCUT2D eigenvalue weighted by molar-refractivity contribution is 0.0906. The van der Waals surface area contributed by atoms with Crippen LogP contribution in [0, 0.1) is 19.7 Å². The number of anilines is 1. The first-order valence-corrected chi connectivity index (χ1v) is 13.2. The van der Waals surface area contributed by atoms with E-state index in [0.717, 1.165) is 60.3 Å². The number of rotatable bonds is 6. The van der Waals surface area contributed by atoms with Gasteiger partial charge in [-0.1, -0.05) is 11.6 Å². The normalized spacial score (nSPS) is 19.3. The smallest absolute Gasteiger partial charge is 0.253 e. The van der Waals surface area contributed by atoms with Crippen molar-refractivity contribution in [1.82, 2.24) is 30.1 Å². The number of H-pyrrole nitrogens is 1. The number of nitrogens with zero attached hydrogens (tertiary/aromatic N) is 6. The molecule has 2 aromatic heterocycles. The molecular weight excluding hydrogens is 485 g/mol. The van der Waals surface area contributed by atoms with Crippen LogP contribution in [0.15, 0.2) is 47.3 Å². The predicted octanol–water partition coefficient (Wildman–Crippen LogP) is 3.36. The van der Waals surface area contributed by atoms with Crippen LogP contribution in [0.5, 0.6) is 0 Å². The minimum absolute atomic E-state index is 0.0633. The Hall–Kier alpha value is -3.63. The topological polar surface area (TPSA) is 92.2 Å². The first kappa shape index (κ1) is 24.7. The van der Waals surface area contributed by atoms with Gasteiger partial charge in [0.05, 0.1) is 18.2 Å². The molecule has 4 aromatic rings. The molecule has 2 saturated heterocycles. The monoisotopic (exact) mass is 517 g/mol. The zero-order valence-corrected chi connectivity index (χ0v) is 21.7. The van der Waals surface area contributed by atoms with Gasteiger partial charge < -0.3 is 14.6 Å². The summed E-state index contributed by atoms with van der Waals surface area (Å²) in [6.07, 6.45) is 2.06. The predicted molar refractivity (Wildman–Crippen MR) is 143 cm³/mol. The van der Waals surface area contributed by atoms with Gasteiger partial charge in [-0.05, 0) is 84.5 Å². The summed E-state index contributed by atoms with van der Waals surface area (Å²) in [5.74, 6) is 0.400. The summed E-state index contributed by atoms with van der Waals surface area (Å²) >= 11 is 0. The summed E-state index contributed by atoms with van der Waals surface area (Å²) < 4.78 is 21.1. The molecular formula is C28H32FN7O2. The van der Waals surface area contributed by atoms with Crippen molar-refractivity contribution >= 4 is 16.6 Å². The van der Waals surface area contributed by atoms with Crippen LogP contribution in [0.3, 0.4) is 0 Å². The van der Waals surface area contributed by atoms with E-state index in [1.165, 1.54) is 12.1 Å². The molecule has 0 saturated carbocycles. The lowest BCUT2D eigenvalue weighted by Gasteiger charge is -2.39. The van der Waals surface area contributed by atoms with E-state index in [1.54, 1.807) is 4.68 Å². The van der Waals surface area contributed by atoms with Gasteiger partial charge in [0.2, 0.25) is 0 Å². The Balaban J connectivity index is 1.38. The number of fused-ring (bicyclic) bond motifs is 1. The highest BCUT2D eigenvalue weighted by Crippen LogP contribution is 2.30. The van der Waals surface area contributed by atoms with Crippen molar-refractivity contribution in [1.29, 1.82) is 0 Å². The first-order chi connectivity index (χ1) is 18.5. The van der Waals surface area contributed by atoms with Crippen LogP contribution in [-0.4, -0.2) is 69.0 Å². The number of pyridine rings is 1. The number of tetrazole rings is 1. The number of benzene rings is 2. The van der Waals surface area contributed by atoms with Gasteiger partial charge in [-0.2, -0.15) is 0 Å². The van der Waals surface area contributed by atoms with E-state index in [-0.39, 0.29) is 17.5 Å². The molecule has 2 aliphatic rings. The minimum Gasteiger partial charge on any atom is -0.376 e. The van der Waals surface area contributed by atoms with Crippen LogP contribution in [0.1, 0.15) is 41.4 Å². The van der Waals surface area contributed by atoms with Crippen molar-refractivity contribution in [2.75, 3.05) is 37.7 Å². The molecule has 1 N–H and O–H groups in total. The highest BCUT2D eigenvalue weighted by atomic mass is 19.1. The first-order valence-electron chi connectivity index (χ1n) is 13.2. The van der Waals surface area contributed by atoms with Crippen LogP contribution >= 0.6 is 0 Å². The van der Waals surface area contributed by atoms with Crippen LogP contribution in [-0.2, 0) is 11.3 Å². The highest BCUT2D eigenvalue weighted by molar-refractivity contribution is 5.83. The number of aromatic nitrogens is 5. The molecule has 0 bridgehead atoms. The maximum absolute atomic E-state index is 13.6. The zero-order valence-electron chi connectivity index (χ0n) is 21.7. The fraction of sp³-hybridized carbons (Fsp3) is 0.429. The Labute approximate surface area is 220 Å². The number of halogens is 1. The van der Waals surface area contributed by atoms with E-state index in [4.69, 9.17) is 4.74 Å². The van der Waals surface area contributed by atoms with E-state index < -0.39 is 6.04 Å². The number of aryl methyl sites for hydroxylation is 2. The van der Waals surface area contributed by atoms with Gasteiger partial charge in [-0.15, -0.1) is 5.10 Å². The van der Waals surface area contributed by atoms with Crippen LogP contribution in [0.2, 0.25) is 0 Å². The van der Waals surface area contributed by atoms with Crippen molar-refractivity contribution in [2.45, 2.75) is 45.4 Å². The molecule has 2 aliphatic heterocycles.